The molecular formula is C15H18N2O2. The highest BCUT2D eigenvalue weighted by Gasteiger charge is 2.29. The molecule has 1 fully saturated rings. The molecule has 1 heterocycles. The van der Waals surface area contributed by atoms with Crippen LogP contribution in [0.15, 0.2) is 30.5 Å². The molecule has 0 amide bonds. The van der Waals surface area contributed by atoms with Crippen molar-refractivity contribution < 1.29 is 9.47 Å². The Labute approximate surface area is 112 Å². The van der Waals surface area contributed by atoms with Gasteiger partial charge in [-0.1, -0.05) is 6.07 Å². The lowest BCUT2D eigenvalue weighted by molar-refractivity contribution is 0.0328. The number of pyridine rings is 1. The molecule has 4 nitrogen and oxygen atoms in total. The highest BCUT2D eigenvalue weighted by atomic mass is 16.5. The van der Waals surface area contributed by atoms with Crippen molar-refractivity contribution in [3.63, 3.8) is 0 Å². The molecule has 1 aliphatic rings. The Bertz CT molecular complexity index is 579. The van der Waals surface area contributed by atoms with Crippen LogP contribution in [0.25, 0.3) is 10.8 Å². The molecule has 1 aromatic heterocycles. The van der Waals surface area contributed by atoms with E-state index in [-0.39, 0.29) is 0 Å². The summed E-state index contributed by atoms with van der Waals surface area (Å²) in [6.45, 7) is 0. The zero-order valence-corrected chi connectivity index (χ0v) is 11.2. The van der Waals surface area contributed by atoms with Crippen LogP contribution in [0.4, 0.5) is 5.82 Å². The number of anilines is 1. The Balaban J connectivity index is 1.86. The van der Waals surface area contributed by atoms with E-state index in [1.165, 1.54) is 5.39 Å². The molecule has 0 aliphatic heterocycles. The summed E-state index contributed by atoms with van der Waals surface area (Å²) >= 11 is 0. The van der Waals surface area contributed by atoms with E-state index in [4.69, 9.17) is 9.47 Å². The summed E-state index contributed by atoms with van der Waals surface area (Å²) in [4.78, 5) is 4.45. The van der Waals surface area contributed by atoms with E-state index in [0.29, 0.717) is 12.1 Å². The number of ether oxygens (including phenoxy) is 2. The van der Waals surface area contributed by atoms with Gasteiger partial charge in [-0.3, -0.25) is 0 Å². The van der Waals surface area contributed by atoms with Crippen LogP contribution in [-0.2, 0) is 4.74 Å². The Morgan fingerprint density at radius 1 is 1.21 bits per heavy atom. The fourth-order valence-electron chi connectivity index (χ4n) is 2.46. The molecule has 0 saturated heterocycles. The number of nitrogens with one attached hydrogen (secondary N) is 1. The third-order valence-corrected chi connectivity index (χ3v) is 3.74. The van der Waals surface area contributed by atoms with Crippen molar-refractivity contribution in [1.29, 1.82) is 0 Å². The lowest BCUT2D eigenvalue weighted by atomic mass is 9.89. The zero-order chi connectivity index (χ0) is 13.2. The second-order valence-electron chi connectivity index (χ2n) is 4.92. The van der Waals surface area contributed by atoms with Crippen molar-refractivity contribution in [3.05, 3.63) is 30.5 Å². The molecule has 2 aromatic rings. The summed E-state index contributed by atoms with van der Waals surface area (Å²) in [6.07, 6.45) is 4.31. The van der Waals surface area contributed by atoms with Crippen LogP contribution in [0.3, 0.4) is 0 Å². The normalized spacial score (nSPS) is 22.0. The topological polar surface area (TPSA) is 43.4 Å². The number of hydrogen-bond acceptors (Lipinski definition) is 4. The van der Waals surface area contributed by atoms with E-state index >= 15 is 0 Å². The molecule has 19 heavy (non-hydrogen) atoms. The molecule has 0 bridgehead atoms. The largest absolute Gasteiger partial charge is 0.497 e. The lowest BCUT2D eigenvalue weighted by Gasteiger charge is -2.35. The molecule has 0 atom stereocenters. The van der Waals surface area contributed by atoms with E-state index in [1.54, 1.807) is 14.2 Å². The molecule has 4 heteroatoms. The monoisotopic (exact) mass is 258 g/mol. The van der Waals surface area contributed by atoms with Crippen molar-refractivity contribution in [2.45, 2.75) is 25.0 Å². The maximum Gasteiger partial charge on any atom is 0.134 e. The number of rotatable bonds is 4. The van der Waals surface area contributed by atoms with E-state index in [0.717, 1.165) is 29.8 Å². The Morgan fingerprint density at radius 2 is 2.05 bits per heavy atom. The first-order valence-corrected chi connectivity index (χ1v) is 6.52. The number of benzene rings is 1. The number of hydrogen-bond donors (Lipinski definition) is 1. The van der Waals surface area contributed by atoms with Gasteiger partial charge in [-0.05, 0) is 36.4 Å². The van der Waals surface area contributed by atoms with Crippen molar-refractivity contribution in [2.24, 2.45) is 0 Å². The first-order valence-electron chi connectivity index (χ1n) is 6.52. The van der Waals surface area contributed by atoms with Crippen molar-refractivity contribution in [1.82, 2.24) is 4.98 Å². The molecule has 0 spiro atoms. The highest BCUT2D eigenvalue weighted by molar-refractivity contribution is 5.92. The van der Waals surface area contributed by atoms with Gasteiger partial charge >= 0.3 is 0 Å². The Kier molecular flexibility index (Phi) is 3.25. The smallest absolute Gasteiger partial charge is 0.134 e. The Hall–Kier alpha value is -1.81. The van der Waals surface area contributed by atoms with Crippen LogP contribution in [0.1, 0.15) is 12.8 Å². The maximum atomic E-state index is 5.30. The summed E-state index contributed by atoms with van der Waals surface area (Å²) in [5.74, 6) is 1.78. The lowest BCUT2D eigenvalue weighted by Crippen LogP contribution is -2.40. The maximum absolute atomic E-state index is 5.30. The van der Waals surface area contributed by atoms with Gasteiger partial charge in [-0.2, -0.15) is 0 Å². The second-order valence-corrected chi connectivity index (χ2v) is 4.92. The average molecular weight is 258 g/mol. The average Bonchev–Trinajstić information content (AvgIpc) is 2.41. The van der Waals surface area contributed by atoms with Crippen molar-refractivity contribution in [2.75, 3.05) is 19.5 Å². The van der Waals surface area contributed by atoms with Gasteiger partial charge in [0.05, 0.1) is 13.2 Å². The van der Waals surface area contributed by atoms with Crippen LogP contribution in [0, 0.1) is 0 Å². The molecular weight excluding hydrogens is 240 g/mol. The van der Waals surface area contributed by atoms with Gasteiger partial charge < -0.3 is 14.8 Å². The van der Waals surface area contributed by atoms with Crippen LogP contribution < -0.4 is 10.1 Å². The third-order valence-electron chi connectivity index (χ3n) is 3.74. The Morgan fingerprint density at radius 3 is 2.79 bits per heavy atom. The first kappa shape index (κ1) is 12.2. The van der Waals surface area contributed by atoms with E-state index < -0.39 is 0 Å². The molecule has 1 aliphatic carbocycles. The van der Waals surface area contributed by atoms with E-state index in [1.807, 2.05) is 24.4 Å². The van der Waals surface area contributed by atoms with E-state index in [9.17, 15) is 0 Å². The predicted octanol–water partition coefficient (Wildman–Crippen LogP) is 2.83. The quantitative estimate of drug-likeness (QED) is 0.915. The van der Waals surface area contributed by atoms with Gasteiger partial charge in [0.2, 0.25) is 0 Å². The summed E-state index contributed by atoms with van der Waals surface area (Å²) in [7, 11) is 3.45. The zero-order valence-electron chi connectivity index (χ0n) is 11.2. The number of fused-ring (bicyclic) bond motifs is 1. The van der Waals surface area contributed by atoms with Gasteiger partial charge in [-0.15, -0.1) is 0 Å². The minimum absolute atomic E-state index is 0.391. The fraction of sp³-hybridized carbons (Fsp3) is 0.400. The summed E-state index contributed by atoms with van der Waals surface area (Å²) in [6, 6.07) is 8.51. The molecule has 100 valence electrons. The SMILES string of the molecule is COc1ccc2ccnc(NC3CC(OC)C3)c2c1. The minimum atomic E-state index is 0.391. The van der Waals surface area contributed by atoms with E-state index in [2.05, 4.69) is 16.4 Å². The van der Waals surface area contributed by atoms with Crippen LogP contribution in [0.2, 0.25) is 0 Å². The molecule has 3 rings (SSSR count). The van der Waals surface area contributed by atoms with Crippen molar-refractivity contribution >= 4 is 16.6 Å². The first-order chi connectivity index (χ1) is 9.30. The molecule has 0 unspecified atom stereocenters. The predicted molar refractivity (Wildman–Crippen MR) is 75.7 cm³/mol. The number of aromatic nitrogens is 1. The van der Waals surface area contributed by atoms with Gasteiger partial charge in [0, 0.05) is 24.7 Å². The second kappa shape index (κ2) is 5.05. The van der Waals surface area contributed by atoms with Gasteiger partial charge in [0.15, 0.2) is 0 Å². The molecule has 1 N–H and O–H groups in total. The third kappa shape index (κ3) is 2.36. The molecule has 1 saturated carbocycles. The molecule has 0 radical (unpaired) electrons. The number of nitrogens with zero attached hydrogens (tertiary/aromatic N) is 1. The van der Waals surface area contributed by atoms with Gasteiger partial charge in [-0.25, -0.2) is 4.98 Å². The fourth-order valence-corrected chi connectivity index (χ4v) is 2.46. The standard InChI is InChI=1S/C15H18N2O2/c1-18-12-4-3-10-5-6-16-15(14(10)9-12)17-11-7-13(8-11)19-2/h3-6,9,11,13H,7-8H2,1-2H3,(H,16,17). The van der Waals surface area contributed by atoms with Crippen LogP contribution in [0.5, 0.6) is 5.75 Å². The number of methoxy groups -OCH3 is 2. The highest BCUT2D eigenvalue weighted by Crippen LogP contribution is 2.30. The minimum Gasteiger partial charge on any atom is -0.497 e. The summed E-state index contributed by atoms with van der Waals surface area (Å²) in [5.41, 5.74) is 0. The summed E-state index contributed by atoms with van der Waals surface area (Å²) < 4.78 is 10.6. The van der Waals surface area contributed by atoms with Crippen LogP contribution in [-0.4, -0.2) is 31.3 Å². The van der Waals surface area contributed by atoms with Gasteiger partial charge in [0.25, 0.3) is 0 Å². The van der Waals surface area contributed by atoms with Crippen LogP contribution >= 0.6 is 0 Å². The summed E-state index contributed by atoms with van der Waals surface area (Å²) in [5, 5.41) is 5.76. The molecule has 1 aromatic carbocycles. The van der Waals surface area contributed by atoms with Crippen molar-refractivity contribution in [3.8, 4) is 5.75 Å². The van der Waals surface area contributed by atoms with Gasteiger partial charge in [0.1, 0.15) is 11.6 Å².